The fraction of sp³-hybridized carbons (Fsp3) is 0.150. The fourth-order valence-corrected chi connectivity index (χ4v) is 3.13. The van der Waals surface area contributed by atoms with Crippen molar-refractivity contribution in [1.82, 2.24) is 20.1 Å². The summed E-state index contributed by atoms with van der Waals surface area (Å²) in [7, 11) is 0. The van der Waals surface area contributed by atoms with Gasteiger partial charge in [-0.1, -0.05) is 41.9 Å². The van der Waals surface area contributed by atoms with Crippen LogP contribution in [-0.4, -0.2) is 33.5 Å². The topological polar surface area (TPSA) is 78.3 Å². The van der Waals surface area contributed by atoms with Gasteiger partial charge in [0, 0.05) is 12.1 Å². The Morgan fingerprint density at radius 1 is 1.18 bits per heavy atom. The second-order valence-electron chi connectivity index (χ2n) is 6.20. The van der Waals surface area contributed by atoms with Crippen molar-refractivity contribution < 1.29 is 14.3 Å². The van der Waals surface area contributed by atoms with Gasteiger partial charge in [0.25, 0.3) is 5.91 Å². The highest BCUT2D eigenvalue weighted by Gasteiger charge is 2.24. The Kier molecular flexibility index (Phi) is 5.25. The highest BCUT2D eigenvalue weighted by molar-refractivity contribution is 6.33. The summed E-state index contributed by atoms with van der Waals surface area (Å²) < 4.78 is 12.4. The number of hydrogen-bond acceptors (Lipinski definition) is 5. The lowest BCUT2D eigenvalue weighted by atomic mass is 10.0. The van der Waals surface area contributed by atoms with Crippen LogP contribution >= 0.6 is 11.6 Å². The SMILES string of the molecule is O=C(NC(Cc1ccccc1)C1=COCO1)c1cc(-n2cnnc2)ccc1Cl. The van der Waals surface area contributed by atoms with Crippen molar-refractivity contribution in [3.63, 3.8) is 0 Å². The Morgan fingerprint density at radius 3 is 2.68 bits per heavy atom. The molecular weight excluding hydrogens is 380 g/mol. The van der Waals surface area contributed by atoms with E-state index in [0.717, 1.165) is 11.3 Å². The number of aromatic nitrogens is 3. The van der Waals surface area contributed by atoms with Crippen LogP contribution in [0, 0.1) is 0 Å². The quantitative estimate of drug-likeness (QED) is 0.692. The number of halogens is 1. The van der Waals surface area contributed by atoms with Gasteiger partial charge in [-0.15, -0.1) is 10.2 Å². The zero-order valence-electron chi connectivity index (χ0n) is 14.8. The van der Waals surface area contributed by atoms with Crippen molar-refractivity contribution in [1.29, 1.82) is 0 Å². The van der Waals surface area contributed by atoms with E-state index in [0.29, 0.717) is 22.8 Å². The minimum absolute atomic E-state index is 0.139. The van der Waals surface area contributed by atoms with Gasteiger partial charge in [0.15, 0.2) is 5.76 Å². The summed E-state index contributed by atoms with van der Waals surface area (Å²) in [5.41, 5.74) is 2.15. The summed E-state index contributed by atoms with van der Waals surface area (Å²) in [4.78, 5) is 13.0. The number of carbonyl (C=O) groups excluding carboxylic acids is 1. The van der Waals surface area contributed by atoms with Crippen LogP contribution in [0.5, 0.6) is 0 Å². The average molecular weight is 397 g/mol. The minimum Gasteiger partial charge on any atom is -0.462 e. The summed E-state index contributed by atoms with van der Waals surface area (Å²) >= 11 is 6.28. The van der Waals surface area contributed by atoms with E-state index in [2.05, 4.69) is 15.5 Å². The number of ether oxygens (including phenoxy) is 2. The number of hydrogen-bond donors (Lipinski definition) is 1. The van der Waals surface area contributed by atoms with Crippen LogP contribution in [0.2, 0.25) is 5.02 Å². The van der Waals surface area contributed by atoms with E-state index in [9.17, 15) is 4.79 Å². The van der Waals surface area contributed by atoms with Crippen molar-refractivity contribution in [2.45, 2.75) is 12.5 Å². The summed E-state index contributed by atoms with van der Waals surface area (Å²) in [5, 5.41) is 10.9. The molecule has 0 saturated carbocycles. The maximum Gasteiger partial charge on any atom is 0.253 e. The van der Waals surface area contributed by atoms with Crippen molar-refractivity contribution in [2.24, 2.45) is 0 Å². The molecule has 2 aromatic carbocycles. The predicted octanol–water partition coefficient (Wildman–Crippen LogP) is 3.11. The zero-order chi connectivity index (χ0) is 19.3. The van der Waals surface area contributed by atoms with Crippen LogP contribution in [-0.2, 0) is 15.9 Å². The molecule has 142 valence electrons. The number of amides is 1. The van der Waals surface area contributed by atoms with E-state index < -0.39 is 0 Å². The lowest BCUT2D eigenvalue weighted by molar-refractivity contribution is 0.0706. The molecule has 0 fully saturated rings. The molecule has 0 aliphatic carbocycles. The molecule has 1 aliphatic heterocycles. The van der Waals surface area contributed by atoms with E-state index in [1.807, 2.05) is 30.3 Å². The van der Waals surface area contributed by atoms with Crippen LogP contribution in [0.25, 0.3) is 5.69 Å². The largest absolute Gasteiger partial charge is 0.462 e. The molecule has 1 N–H and O–H groups in total. The first-order valence-corrected chi connectivity index (χ1v) is 9.02. The average Bonchev–Trinajstić information content (AvgIpc) is 3.43. The van der Waals surface area contributed by atoms with Crippen molar-refractivity contribution in [3.05, 3.63) is 89.4 Å². The van der Waals surface area contributed by atoms with Gasteiger partial charge in [0.05, 0.1) is 16.6 Å². The molecular formula is C20H17ClN4O3. The number of nitrogens with zero attached hydrogens (tertiary/aromatic N) is 3. The summed E-state index contributed by atoms with van der Waals surface area (Å²) in [6.07, 6.45) is 5.20. The molecule has 0 spiro atoms. The first-order chi connectivity index (χ1) is 13.7. The summed E-state index contributed by atoms with van der Waals surface area (Å²) in [6.45, 7) is 0.139. The maximum atomic E-state index is 13.0. The third-order valence-corrected chi connectivity index (χ3v) is 4.67. The zero-order valence-corrected chi connectivity index (χ0v) is 15.5. The smallest absolute Gasteiger partial charge is 0.253 e. The first kappa shape index (κ1) is 18.1. The molecule has 28 heavy (non-hydrogen) atoms. The van der Waals surface area contributed by atoms with Gasteiger partial charge in [-0.3, -0.25) is 9.36 Å². The molecule has 1 amide bonds. The van der Waals surface area contributed by atoms with E-state index >= 15 is 0 Å². The highest BCUT2D eigenvalue weighted by atomic mass is 35.5. The third kappa shape index (κ3) is 3.99. The Labute approximate surface area is 166 Å². The minimum atomic E-state index is -0.382. The van der Waals surface area contributed by atoms with Crippen molar-refractivity contribution in [2.75, 3.05) is 6.79 Å². The van der Waals surface area contributed by atoms with Crippen LogP contribution in [0.1, 0.15) is 15.9 Å². The molecule has 1 aromatic heterocycles. The maximum absolute atomic E-state index is 13.0. The molecule has 7 nitrogen and oxygen atoms in total. The predicted molar refractivity (Wildman–Crippen MR) is 103 cm³/mol. The molecule has 2 heterocycles. The highest BCUT2D eigenvalue weighted by Crippen LogP contribution is 2.22. The fourth-order valence-electron chi connectivity index (χ4n) is 2.93. The number of carbonyl (C=O) groups is 1. The number of nitrogens with one attached hydrogen (secondary N) is 1. The van der Waals surface area contributed by atoms with Crippen LogP contribution in [0.15, 0.2) is 73.2 Å². The lowest BCUT2D eigenvalue weighted by Crippen LogP contribution is -2.38. The second-order valence-corrected chi connectivity index (χ2v) is 6.61. The molecule has 0 bridgehead atoms. The van der Waals surface area contributed by atoms with E-state index in [1.54, 1.807) is 35.4 Å². The summed E-state index contributed by atoms with van der Waals surface area (Å²) in [6, 6.07) is 14.6. The molecule has 0 saturated heterocycles. The second kappa shape index (κ2) is 8.14. The summed E-state index contributed by atoms with van der Waals surface area (Å²) in [5.74, 6) is 0.264. The molecule has 1 aliphatic rings. The van der Waals surface area contributed by atoms with E-state index in [4.69, 9.17) is 21.1 Å². The number of rotatable bonds is 6. The van der Waals surface area contributed by atoms with Crippen molar-refractivity contribution in [3.8, 4) is 5.69 Å². The number of benzene rings is 2. The first-order valence-electron chi connectivity index (χ1n) is 8.64. The Bertz CT molecular complexity index is 990. The van der Waals surface area contributed by atoms with Crippen LogP contribution < -0.4 is 5.32 Å². The molecule has 1 atom stereocenters. The Morgan fingerprint density at radius 2 is 1.96 bits per heavy atom. The van der Waals surface area contributed by atoms with Gasteiger partial charge in [0.1, 0.15) is 18.9 Å². The Balaban J connectivity index is 1.58. The standard InChI is InChI=1S/C20H17ClN4O3/c21-17-7-6-15(25-11-22-23-12-25)9-16(17)20(26)24-18(19-10-27-13-28-19)8-14-4-2-1-3-5-14/h1-7,9-12,18H,8,13H2,(H,24,26). The van der Waals surface area contributed by atoms with E-state index in [-0.39, 0.29) is 18.7 Å². The van der Waals surface area contributed by atoms with E-state index in [1.165, 1.54) is 6.26 Å². The van der Waals surface area contributed by atoms with Crippen LogP contribution in [0.3, 0.4) is 0 Å². The van der Waals surface area contributed by atoms with Gasteiger partial charge in [-0.25, -0.2) is 0 Å². The van der Waals surface area contributed by atoms with Crippen LogP contribution in [0.4, 0.5) is 0 Å². The monoisotopic (exact) mass is 396 g/mol. The molecule has 3 aromatic rings. The molecule has 1 unspecified atom stereocenters. The molecule has 0 radical (unpaired) electrons. The van der Waals surface area contributed by atoms with Gasteiger partial charge in [0.2, 0.25) is 6.79 Å². The van der Waals surface area contributed by atoms with Gasteiger partial charge < -0.3 is 14.8 Å². The lowest BCUT2D eigenvalue weighted by Gasteiger charge is -2.19. The van der Waals surface area contributed by atoms with Gasteiger partial charge in [-0.05, 0) is 23.8 Å². The third-order valence-electron chi connectivity index (χ3n) is 4.34. The van der Waals surface area contributed by atoms with Gasteiger partial charge in [-0.2, -0.15) is 0 Å². The Hall–Kier alpha value is -3.32. The van der Waals surface area contributed by atoms with Gasteiger partial charge >= 0.3 is 0 Å². The molecule has 4 rings (SSSR count). The normalized spacial score (nSPS) is 14.0. The van der Waals surface area contributed by atoms with Crippen molar-refractivity contribution >= 4 is 17.5 Å². The molecule has 8 heteroatoms.